The van der Waals surface area contributed by atoms with Gasteiger partial charge in [0.2, 0.25) is 5.91 Å². The Morgan fingerprint density at radius 2 is 1.31 bits per heavy atom. The number of amides is 1. The fourth-order valence-corrected chi connectivity index (χ4v) is 4.82. The average molecular weight is 401 g/mol. The van der Waals surface area contributed by atoms with E-state index in [0.717, 1.165) is 16.7 Å². The lowest BCUT2D eigenvalue weighted by molar-refractivity contribution is -0.121. The topological polar surface area (TPSA) is 55.1 Å². The molecule has 3 N–H and O–H groups in total. The predicted molar refractivity (Wildman–Crippen MR) is 121 cm³/mol. The van der Waals surface area contributed by atoms with E-state index in [0.29, 0.717) is 5.75 Å². The summed E-state index contributed by atoms with van der Waals surface area (Å²) in [5, 5.41) is 2.67. The number of hydrogen-bond acceptors (Lipinski definition) is 3. The molecule has 29 heavy (non-hydrogen) atoms. The van der Waals surface area contributed by atoms with Crippen molar-refractivity contribution in [1.82, 2.24) is 5.32 Å². The summed E-state index contributed by atoms with van der Waals surface area (Å²) < 4.78 is -0.492. The molecule has 0 bridgehead atoms. The number of rotatable bonds is 8. The van der Waals surface area contributed by atoms with Crippen LogP contribution < -0.4 is 11.1 Å². The summed E-state index contributed by atoms with van der Waals surface area (Å²) in [5.41, 5.74) is 9.61. The second kappa shape index (κ2) is 9.97. The van der Waals surface area contributed by atoms with Crippen LogP contribution in [0.25, 0.3) is 0 Å². The number of nitrogens with one attached hydrogen (secondary N) is 1. The first-order chi connectivity index (χ1) is 14.2. The van der Waals surface area contributed by atoms with Gasteiger partial charge in [-0.05, 0) is 16.7 Å². The second-order valence-electron chi connectivity index (χ2n) is 6.62. The monoisotopic (exact) mass is 400 g/mol. The van der Waals surface area contributed by atoms with E-state index in [1.165, 1.54) is 0 Å². The van der Waals surface area contributed by atoms with Gasteiger partial charge < -0.3 is 11.1 Å². The Hall–Kier alpha value is -3.00. The number of benzene rings is 3. The lowest BCUT2D eigenvalue weighted by atomic mass is 9.84. The third kappa shape index (κ3) is 4.71. The van der Waals surface area contributed by atoms with Crippen molar-refractivity contribution in [3.8, 4) is 12.3 Å². The van der Waals surface area contributed by atoms with Crippen molar-refractivity contribution in [2.75, 3.05) is 12.3 Å². The zero-order chi connectivity index (χ0) is 20.5. The van der Waals surface area contributed by atoms with Gasteiger partial charge in [0.05, 0.1) is 17.3 Å². The van der Waals surface area contributed by atoms with Gasteiger partial charge in [0.25, 0.3) is 0 Å². The molecule has 0 heterocycles. The summed E-state index contributed by atoms with van der Waals surface area (Å²) in [6.07, 6.45) is 5.24. The Morgan fingerprint density at radius 1 is 0.897 bits per heavy atom. The van der Waals surface area contributed by atoms with Gasteiger partial charge >= 0.3 is 0 Å². The number of carbonyl (C=O) groups is 1. The predicted octanol–water partition coefficient (Wildman–Crippen LogP) is 3.79. The molecule has 3 aromatic rings. The molecule has 0 aromatic heterocycles. The van der Waals surface area contributed by atoms with E-state index in [-0.39, 0.29) is 12.5 Å². The van der Waals surface area contributed by atoms with Crippen molar-refractivity contribution < 1.29 is 4.79 Å². The molecule has 0 spiro atoms. The summed E-state index contributed by atoms with van der Waals surface area (Å²) >= 11 is 1.66. The van der Waals surface area contributed by atoms with Crippen LogP contribution in [0.2, 0.25) is 0 Å². The normalized spacial score (nSPS) is 12.0. The highest BCUT2D eigenvalue weighted by molar-refractivity contribution is 8.00. The lowest BCUT2D eigenvalue weighted by Gasteiger charge is -2.36. The van der Waals surface area contributed by atoms with Gasteiger partial charge in [-0.2, -0.15) is 0 Å². The fraction of sp³-hybridized carbons (Fsp3) is 0.160. The van der Waals surface area contributed by atoms with Gasteiger partial charge in [-0.25, -0.2) is 0 Å². The SMILES string of the molecule is C#CCNC(=O)C(N)CSC(c1ccccc1)(c1ccccc1)c1ccccc1. The van der Waals surface area contributed by atoms with Crippen LogP contribution in [0.4, 0.5) is 0 Å². The molecule has 3 aromatic carbocycles. The Labute approximate surface area is 176 Å². The summed E-state index contributed by atoms with van der Waals surface area (Å²) in [6.45, 7) is 0.179. The second-order valence-corrected chi connectivity index (χ2v) is 7.85. The van der Waals surface area contributed by atoms with Crippen LogP contribution in [0.3, 0.4) is 0 Å². The average Bonchev–Trinajstić information content (AvgIpc) is 2.80. The van der Waals surface area contributed by atoms with Gasteiger partial charge in [0.1, 0.15) is 0 Å². The zero-order valence-electron chi connectivity index (χ0n) is 16.1. The Bertz CT molecular complexity index is 856. The smallest absolute Gasteiger partial charge is 0.238 e. The third-order valence-corrected chi connectivity index (χ3v) is 6.39. The highest BCUT2D eigenvalue weighted by Gasteiger charge is 2.37. The minimum absolute atomic E-state index is 0.179. The molecule has 0 aliphatic rings. The lowest BCUT2D eigenvalue weighted by Crippen LogP contribution is -2.43. The summed E-state index contributed by atoms with van der Waals surface area (Å²) in [7, 11) is 0. The Morgan fingerprint density at radius 3 is 1.69 bits per heavy atom. The Kier molecular flexibility index (Phi) is 7.13. The highest BCUT2D eigenvalue weighted by atomic mass is 32.2. The van der Waals surface area contributed by atoms with Gasteiger partial charge in [-0.15, -0.1) is 18.2 Å². The van der Waals surface area contributed by atoms with Crippen LogP contribution in [-0.2, 0) is 9.54 Å². The van der Waals surface area contributed by atoms with Crippen molar-refractivity contribution >= 4 is 17.7 Å². The van der Waals surface area contributed by atoms with Crippen LogP contribution in [0, 0.1) is 12.3 Å². The summed E-state index contributed by atoms with van der Waals surface area (Å²) in [4.78, 5) is 12.3. The number of thioether (sulfide) groups is 1. The fourth-order valence-electron chi connectivity index (χ4n) is 3.33. The maximum Gasteiger partial charge on any atom is 0.238 e. The van der Waals surface area contributed by atoms with E-state index in [4.69, 9.17) is 12.2 Å². The molecule has 0 aliphatic heterocycles. The maximum absolute atomic E-state index is 12.3. The maximum atomic E-state index is 12.3. The third-order valence-electron chi connectivity index (χ3n) is 4.72. The first kappa shape index (κ1) is 20.7. The van der Waals surface area contributed by atoms with Crippen molar-refractivity contribution in [3.63, 3.8) is 0 Å². The van der Waals surface area contributed by atoms with Crippen LogP contribution in [0.5, 0.6) is 0 Å². The molecule has 0 radical (unpaired) electrons. The van der Waals surface area contributed by atoms with Crippen molar-refractivity contribution in [3.05, 3.63) is 108 Å². The molecule has 0 saturated carbocycles. The molecule has 1 amide bonds. The van der Waals surface area contributed by atoms with E-state index < -0.39 is 10.8 Å². The van der Waals surface area contributed by atoms with Crippen LogP contribution in [-0.4, -0.2) is 24.2 Å². The molecule has 1 unspecified atom stereocenters. The van der Waals surface area contributed by atoms with Gasteiger partial charge in [-0.3, -0.25) is 4.79 Å². The first-order valence-electron chi connectivity index (χ1n) is 9.46. The minimum Gasteiger partial charge on any atom is -0.344 e. The van der Waals surface area contributed by atoms with Gasteiger partial charge in [0, 0.05) is 5.75 Å². The van der Waals surface area contributed by atoms with Crippen molar-refractivity contribution in [2.24, 2.45) is 5.73 Å². The van der Waals surface area contributed by atoms with Crippen molar-refractivity contribution in [1.29, 1.82) is 0 Å². The molecule has 1 atom stereocenters. The number of hydrogen-bond donors (Lipinski definition) is 2. The molecular weight excluding hydrogens is 376 g/mol. The van der Waals surface area contributed by atoms with Crippen LogP contribution in [0.1, 0.15) is 16.7 Å². The number of terminal acetylenes is 1. The largest absolute Gasteiger partial charge is 0.344 e. The van der Waals surface area contributed by atoms with E-state index in [9.17, 15) is 4.79 Å². The molecule has 0 aliphatic carbocycles. The first-order valence-corrected chi connectivity index (χ1v) is 10.4. The molecule has 0 saturated heterocycles. The van der Waals surface area contributed by atoms with Crippen LogP contribution in [0.15, 0.2) is 91.0 Å². The van der Waals surface area contributed by atoms with E-state index in [1.54, 1.807) is 11.8 Å². The van der Waals surface area contributed by atoms with E-state index in [2.05, 4.69) is 47.6 Å². The number of nitrogens with two attached hydrogens (primary N) is 1. The summed E-state index contributed by atoms with van der Waals surface area (Å²) in [5.74, 6) is 2.61. The summed E-state index contributed by atoms with van der Waals surface area (Å²) in [6, 6.07) is 30.3. The van der Waals surface area contributed by atoms with E-state index in [1.807, 2.05) is 54.6 Å². The van der Waals surface area contributed by atoms with Gasteiger partial charge in [0.15, 0.2) is 0 Å². The highest BCUT2D eigenvalue weighted by Crippen LogP contribution is 2.48. The number of carbonyl (C=O) groups excluding carboxylic acids is 1. The van der Waals surface area contributed by atoms with E-state index >= 15 is 0 Å². The quantitative estimate of drug-likeness (QED) is 0.447. The van der Waals surface area contributed by atoms with Crippen molar-refractivity contribution in [2.45, 2.75) is 10.8 Å². The molecule has 3 rings (SSSR count). The van der Waals surface area contributed by atoms with Crippen LogP contribution >= 0.6 is 11.8 Å². The van der Waals surface area contributed by atoms with Gasteiger partial charge in [-0.1, -0.05) is 96.9 Å². The zero-order valence-corrected chi connectivity index (χ0v) is 16.9. The molecular formula is C25H24N2OS. The molecule has 3 nitrogen and oxygen atoms in total. The molecule has 146 valence electrons. The molecule has 0 fully saturated rings. The standard InChI is InChI=1S/C25H24N2OS/c1-2-18-27-24(28)23(26)19-29-25(20-12-6-3-7-13-20,21-14-8-4-9-15-21)22-16-10-5-11-17-22/h1,3-17,23H,18-19,26H2,(H,27,28). The minimum atomic E-state index is -0.663. The Balaban J connectivity index is 2.06. The molecule has 4 heteroatoms.